The van der Waals surface area contributed by atoms with Crippen molar-refractivity contribution in [3.05, 3.63) is 12.2 Å². The molecule has 1 unspecified atom stereocenters. The van der Waals surface area contributed by atoms with Gasteiger partial charge in [0.1, 0.15) is 6.10 Å². The molecule has 1 N–H and O–H groups in total. The van der Waals surface area contributed by atoms with Crippen LogP contribution in [-0.4, -0.2) is 43.4 Å². The van der Waals surface area contributed by atoms with Gasteiger partial charge in [-0.2, -0.15) is 0 Å². The summed E-state index contributed by atoms with van der Waals surface area (Å²) in [5.74, 6) is -1.39. The van der Waals surface area contributed by atoms with Crippen molar-refractivity contribution >= 4 is 16.1 Å². The Labute approximate surface area is 120 Å². The quantitative estimate of drug-likeness (QED) is 0.427. The SMILES string of the molecule is C=C(C)C(=O)OC(CNC1CCCCC1)CS(=O)(=O)[O-]. The zero-order valence-electron chi connectivity index (χ0n) is 11.8. The number of ether oxygens (including phenoxy) is 1. The van der Waals surface area contributed by atoms with Crippen molar-refractivity contribution in [1.29, 1.82) is 0 Å². The van der Waals surface area contributed by atoms with Crippen molar-refractivity contribution in [2.45, 2.75) is 51.2 Å². The maximum Gasteiger partial charge on any atom is 0.333 e. The summed E-state index contributed by atoms with van der Waals surface area (Å²) in [5.41, 5.74) is 0.177. The first-order chi connectivity index (χ1) is 9.28. The molecular weight excluding hydrogens is 282 g/mol. The van der Waals surface area contributed by atoms with Crippen molar-refractivity contribution in [2.75, 3.05) is 12.3 Å². The van der Waals surface area contributed by atoms with E-state index >= 15 is 0 Å². The third-order valence-electron chi connectivity index (χ3n) is 3.25. The van der Waals surface area contributed by atoms with Crippen LogP contribution >= 0.6 is 0 Å². The second-order valence-electron chi connectivity index (χ2n) is 5.28. The van der Waals surface area contributed by atoms with Crippen LogP contribution in [0.1, 0.15) is 39.0 Å². The summed E-state index contributed by atoms with van der Waals surface area (Å²) in [5, 5.41) is 3.18. The fourth-order valence-electron chi connectivity index (χ4n) is 2.22. The van der Waals surface area contributed by atoms with E-state index in [1.54, 1.807) is 0 Å². The van der Waals surface area contributed by atoms with E-state index in [1.807, 2.05) is 0 Å². The van der Waals surface area contributed by atoms with Crippen molar-refractivity contribution in [2.24, 2.45) is 0 Å². The van der Waals surface area contributed by atoms with Gasteiger partial charge in [0.25, 0.3) is 0 Å². The number of esters is 1. The monoisotopic (exact) mass is 304 g/mol. The molecule has 0 spiro atoms. The summed E-state index contributed by atoms with van der Waals surface area (Å²) in [4.78, 5) is 11.4. The molecule has 1 rings (SSSR count). The van der Waals surface area contributed by atoms with Gasteiger partial charge in [-0.15, -0.1) is 0 Å². The maximum absolute atomic E-state index is 11.4. The smallest absolute Gasteiger partial charge is 0.333 e. The standard InChI is InChI=1S/C13H23NO5S/c1-10(2)13(15)19-12(9-20(16,17)18)8-14-11-6-4-3-5-7-11/h11-12,14H,1,3-9H2,2H3,(H,16,17,18)/p-1. The molecule has 0 radical (unpaired) electrons. The number of rotatable bonds is 7. The number of nitrogens with one attached hydrogen (secondary N) is 1. The van der Waals surface area contributed by atoms with Gasteiger partial charge in [-0.3, -0.25) is 0 Å². The van der Waals surface area contributed by atoms with Crippen LogP contribution in [0.25, 0.3) is 0 Å². The van der Waals surface area contributed by atoms with Crippen molar-refractivity contribution in [3.8, 4) is 0 Å². The van der Waals surface area contributed by atoms with Crippen LogP contribution in [0.2, 0.25) is 0 Å². The molecule has 20 heavy (non-hydrogen) atoms. The molecule has 0 aromatic rings. The molecule has 0 aliphatic heterocycles. The van der Waals surface area contributed by atoms with E-state index in [2.05, 4.69) is 11.9 Å². The number of hydrogen-bond donors (Lipinski definition) is 1. The molecule has 1 fully saturated rings. The topological polar surface area (TPSA) is 95.5 Å². The lowest BCUT2D eigenvalue weighted by Crippen LogP contribution is -2.41. The Hall–Kier alpha value is -0.920. The van der Waals surface area contributed by atoms with Crippen LogP contribution in [0.4, 0.5) is 0 Å². The van der Waals surface area contributed by atoms with Gasteiger partial charge in [-0.1, -0.05) is 25.8 Å². The van der Waals surface area contributed by atoms with Crippen LogP contribution in [0.5, 0.6) is 0 Å². The molecule has 0 saturated heterocycles. The van der Waals surface area contributed by atoms with Gasteiger partial charge in [0, 0.05) is 18.2 Å². The van der Waals surface area contributed by atoms with Gasteiger partial charge in [-0.05, 0) is 19.8 Å². The molecule has 1 aliphatic carbocycles. The highest BCUT2D eigenvalue weighted by Gasteiger charge is 2.20. The minimum Gasteiger partial charge on any atom is -0.748 e. The lowest BCUT2D eigenvalue weighted by atomic mass is 9.95. The molecule has 0 amide bonds. The summed E-state index contributed by atoms with van der Waals surface area (Å²) in [6.45, 7) is 5.08. The lowest BCUT2D eigenvalue weighted by Gasteiger charge is -2.26. The zero-order valence-corrected chi connectivity index (χ0v) is 12.6. The predicted octanol–water partition coefficient (Wildman–Crippen LogP) is 0.942. The third-order valence-corrected chi connectivity index (χ3v) is 4.03. The van der Waals surface area contributed by atoms with E-state index in [0.717, 1.165) is 25.7 Å². The highest BCUT2D eigenvalue weighted by atomic mass is 32.2. The average Bonchev–Trinajstić information content (AvgIpc) is 2.35. The Morgan fingerprint density at radius 2 is 2.00 bits per heavy atom. The summed E-state index contributed by atoms with van der Waals surface area (Å²) in [7, 11) is -4.44. The van der Waals surface area contributed by atoms with Gasteiger partial charge in [-0.25, -0.2) is 13.2 Å². The van der Waals surface area contributed by atoms with Gasteiger partial charge in [0.05, 0.1) is 15.9 Å². The first kappa shape index (κ1) is 17.1. The Morgan fingerprint density at radius 1 is 1.40 bits per heavy atom. The maximum atomic E-state index is 11.4. The van der Waals surface area contributed by atoms with E-state index in [9.17, 15) is 17.8 Å². The predicted molar refractivity (Wildman–Crippen MR) is 74.1 cm³/mol. The van der Waals surface area contributed by atoms with Crippen LogP contribution in [0, 0.1) is 0 Å². The molecule has 0 bridgehead atoms. The Morgan fingerprint density at radius 3 is 2.50 bits per heavy atom. The van der Waals surface area contributed by atoms with Crippen LogP contribution < -0.4 is 5.32 Å². The summed E-state index contributed by atoms with van der Waals surface area (Å²) >= 11 is 0. The van der Waals surface area contributed by atoms with Crippen molar-refractivity contribution in [3.63, 3.8) is 0 Å². The molecule has 1 aliphatic rings. The molecular formula is C13H22NO5S-. The first-order valence-electron chi connectivity index (χ1n) is 6.81. The normalized spacial score (nSPS) is 18.5. The van der Waals surface area contributed by atoms with Crippen LogP contribution in [-0.2, 0) is 19.6 Å². The van der Waals surface area contributed by atoms with E-state index in [1.165, 1.54) is 13.3 Å². The minimum absolute atomic E-state index is 0.172. The minimum atomic E-state index is -4.44. The van der Waals surface area contributed by atoms with Gasteiger partial charge in [0.2, 0.25) is 0 Å². The number of hydrogen-bond acceptors (Lipinski definition) is 6. The number of carbonyl (C=O) groups is 1. The van der Waals surface area contributed by atoms with E-state index < -0.39 is 27.9 Å². The Kier molecular flexibility index (Phi) is 6.64. The fraction of sp³-hybridized carbons (Fsp3) is 0.769. The summed E-state index contributed by atoms with van der Waals surface area (Å²) in [6.07, 6.45) is 4.54. The molecule has 116 valence electrons. The lowest BCUT2D eigenvalue weighted by molar-refractivity contribution is -0.143. The van der Waals surface area contributed by atoms with E-state index in [4.69, 9.17) is 4.74 Å². The van der Waals surface area contributed by atoms with Crippen LogP contribution in [0.3, 0.4) is 0 Å². The molecule has 0 aromatic carbocycles. The third kappa shape index (κ3) is 7.02. The van der Waals surface area contributed by atoms with Crippen LogP contribution in [0.15, 0.2) is 12.2 Å². The molecule has 0 heterocycles. The fourth-order valence-corrected chi connectivity index (χ4v) is 2.86. The summed E-state index contributed by atoms with van der Waals surface area (Å²) in [6, 6.07) is 0.295. The molecule has 1 saturated carbocycles. The van der Waals surface area contributed by atoms with Crippen molar-refractivity contribution < 1.29 is 22.5 Å². The van der Waals surface area contributed by atoms with Gasteiger partial charge in [0.15, 0.2) is 0 Å². The molecule has 0 aromatic heterocycles. The van der Waals surface area contributed by atoms with E-state index in [-0.39, 0.29) is 12.1 Å². The second-order valence-corrected chi connectivity index (χ2v) is 6.72. The molecule has 6 nitrogen and oxygen atoms in total. The Balaban J connectivity index is 2.52. The van der Waals surface area contributed by atoms with Gasteiger partial charge < -0.3 is 14.6 Å². The summed E-state index contributed by atoms with van der Waals surface area (Å²) < 4.78 is 37.5. The molecule has 7 heteroatoms. The van der Waals surface area contributed by atoms with E-state index in [0.29, 0.717) is 6.04 Å². The first-order valence-corrected chi connectivity index (χ1v) is 8.39. The van der Waals surface area contributed by atoms with Crippen molar-refractivity contribution in [1.82, 2.24) is 5.32 Å². The zero-order chi connectivity index (χ0) is 15.2. The van der Waals surface area contributed by atoms with Gasteiger partial charge >= 0.3 is 5.97 Å². The number of carbonyl (C=O) groups excluding carboxylic acids is 1. The highest BCUT2D eigenvalue weighted by Crippen LogP contribution is 2.17. The largest absolute Gasteiger partial charge is 0.748 e. The highest BCUT2D eigenvalue weighted by molar-refractivity contribution is 7.85. The Bertz CT molecular complexity index is 440. The molecule has 1 atom stereocenters. The average molecular weight is 304 g/mol. The second kappa shape index (κ2) is 7.75.